The third-order valence-corrected chi connectivity index (χ3v) is 2.34. The van der Waals surface area contributed by atoms with E-state index in [1.807, 2.05) is 13.8 Å². The van der Waals surface area contributed by atoms with Crippen LogP contribution in [-0.2, 0) is 6.18 Å². The molecule has 0 fully saturated rings. The zero-order valence-electron chi connectivity index (χ0n) is 9.73. The third-order valence-electron chi connectivity index (χ3n) is 1.90. The largest absolute Gasteiger partial charge is 0.416 e. The third kappa shape index (κ3) is 4.70. The number of nitrogens with one attached hydrogen (secondary N) is 2. The molecule has 0 atom stereocenters. The van der Waals surface area contributed by atoms with Gasteiger partial charge in [-0.25, -0.2) is 0 Å². The summed E-state index contributed by atoms with van der Waals surface area (Å²) in [7, 11) is 0. The molecular formula is C11H12ClF3N2S. The maximum atomic E-state index is 12.6. The normalized spacial score (nSPS) is 11.5. The van der Waals surface area contributed by atoms with E-state index in [-0.39, 0.29) is 21.9 Å². The maximum Gasteiger partial charge on any atom is 0.416 e. The monoisotopic (exact) mass is 296 g/mol. The highest BCUT2D eigenvalue weighted by Gasteiger charge is 2.31. The molecule has 0 unspecified atom stereocenters. The zero-order valence-corrected chi connectivity index (χ0v) is 11.3. The van der Waals surface area contributed by atoms with E-state index in [2.05, 4.69) is 10.6 Å². The Morgan fingerprint density at radius 2 is 1.89 bits per heavy atom. The summed E-state index contributed by atoms with van der Waals surface area (Å²) in [6, 6.07) is 3.29. The molecule has 0 aliphatic carbocycles. The van der Waals surface area contributed by atoms with E-state index in [0.717, 1.165) is 12.1 Å². The molecule has 0 saturated heterocycles. The fourth-order valence-electron chi connectivity index (χ4n) is 1.25. The number of alkyl halides is 3. The van der Waals surface area contributed by atoms with Crippen LogP contribution in [0.25, 0.3) is 0 Å². The van der Waals surface area contributed by atoms with Crippen molar-refractivity contribution >= 4 is 34.6 Å². The zero-order chi connectivity index (χ0) is 13.9. The summed E-state index contributed by atoms with van der Waals surface area (Å²) in [5, 5.41) is 5.78. The summed E-state index contributed by atoms with van der Waals surface area (Å²) in [5.74, 6) is 0. The maximum absolute atomic E-state index is 12.6. The van der Waals surface area contributed by atoms with Gasteiger partial charge in [-0.05, 0) is 44.3 Å². The van der Waals surface area contributed by atoms with Gasteiger partial charge in [0.15, 0.2) is 5.11 Å². The number of rotatable bonds is 2. The Morgan fingerprint density at radius 3 is 2.39 bits per heavy atom. The van der Waals surface area contributed by atoms with Gasteiger partial charge in [-0.3, -0.25) is 0 Å². The molecular weight excluding hydrogens is 285 g/mol. The first-order chi connectivity index (χ1) is 8.18. The Morgan fingerprint density at radius 1 is 1.28 bits per heavy atom. The van der Waals surface area contributed by atoms with Gasteiger partial charge in [0.1, 0.15) is 0 Å². The minimum absolute atomic E-state index is 0.000304. The minimum atomic E-state index is -4.44. The molecule has 0 heterocycles. The van der Waals surface area contributed by atoms with Crippen LogP contribution in [0, 0.1) is 0 Å². The van der Waals surface area contributed by atoms with Crippen LogP contribution in [-0.4, -0.2) is 11.2 Å². The Labute approximate surface area is 114 Å². The molecule has 0 aliphatic heterocycles. The number of hydrogen-bond acceptors (Lipinski definition) is 1. The van der Waals surface area contributed by atoms with Gasteiger partial charge in [0.2, 0.25) is 0 Å². The molecule has 1 rings (SSSR count). The summed E-state index contributed by atoms with van der Waals surface area (Å²) < 4.78 is 37.7. The average Bonchev–Trinajstić information content (AvgIpc) is 2.13. The van der Waals surface area contributed by atoms with Crippen LogP contribution in [0.2, 0.25) is 5.02 Å². The van der Waals surface area contributed by atoms with E-state index in [0.29, 0.717) is 0 Å². The Bertz CT molecular complexity index is 446. The lowest BCUT2D eigenvalue weighted by Gasteiger charge is -2.15. The van der Waals surface area contributed by atoms with E-state index >= 15 is 0 Å². The van der Waals surface area contributed by atoms with Gasteiger partial charge < -0.3 is 10.6 Å². The van der Waals surface area contributed by atoms with E-state index in [1.165, 1.54) is 6.07 Å². The number of anilines is 1. The van der Waals surface area contributed by atoms with E-state index < -0.39 is 11.7 Å². The number of halogens is 4. The lowest BCUT2D eigenvalue weighted by molar-refractivity contribution is -0.137. The van der Waals surface area contributed by atoms with Crippen molar-refractivity contribution in [1.82, 2.24) is 5.32 Å². The van der Waals surface area contributed by atoms with Crippen LogP contribution in [0.1, 0.15) is 19.4 Å². The SMILES string of the molecule is CC(C)NC(=S)Nc1cc(Cl)cc(C(F)(F)F)c1. The molecule has 2 nitrogen and oxygen atoms in total. The van der Waals surface area contributed by atoms with Gasteiger partial charge in [-0.2, -0.15) is 13.2 Å². The van der Waals surface area contributed by atoms with Gasteiger partial charge in [-0.15, -0.1) is 0 Å². The molecule has 7 heteroatoms. The lowest BCUT2D eigenvalue weighted by Crippen LogP contribution is -2.33. The van der Waals surface area contributed by atoms with Gasteiger partial charge in [-0.1, -0.05) is 11.6 Å². The van der Waals surface area contributed by atoms with Crippen molar-refractivity contribution in [2.45, 2.75) is 26.1 Å². The predicted molar refractivity (Wildman–Crippen MR) is 70.9 cm³/mol. The summed E-state index contributed by atoms with van der Waals surface area (Å²) in [5.41, 5.74) is -0.613. The fraction of sp³-hybridized carbons (Fsp3) is 0.364. The molecule has 2 N–H and O–H groups in total. The molecule has 1 aromatic rings. The summed E-state index contributed by atoms with van der Waals surface area (Å²) in [4.78, 5) is 0. The molecule has 18 heavy (non-hydrogen) atoms. The van der Waals surface area contributed by atoms with Crippen molar-refractivity contribution in [3.05, 3.63) is 28.8 Å². The minimum Gasteiger partial charge on any atom is -0.360 e. The average molecular weight is 297 g/mol. The van der Waals surface area contributed by atoms with Crippen LogP contribution in [0.3, 0.4) is 0 Å². The first-order valence-electron chi connectivity index (χ1n) is 5.14. The first-order valence-corrected chi connectivity index (χ1v) is 5.92. The van der Waals surface area contributed by atoms with Gasteiger partial charge in [0.25, 0.3) is 0 Å². The second-order valence-corrected chi connectivity index (χ2v) is 4.82. The molecule has 0 aliphatic rings. The van der Waals surface area contributed by atoms with Crippen LogP contribution in [0.5, 0.6) is 0 Å². The van der Waals surface area contributed by atoms with Crippen LogP contribution < -0.4 is 10.6 Å². The fourth-order valence-corrected chi connectivity index (χ4v) is 1.84. The molecule has 0 bridgehead atoms. The van der Waals surface area contributed by atoms with Gasteiger partial charge in [0.05, 0.1) is 5.56 Å². The second kappa shape index (κ2) is 5.75. The summed E-state index contributed by atoms with van der Waals surface area (Å²) in [6.07, 6.45) is -4.44. The summed E-state index contributed by atoms with van der Waals surface area (Å²) >= 11 is 10.6. The predicted octanol–water partition coefficient (Wildman–Crippen LogP) is 4.05. The Kier molecular flexibility index (Phi) is 4.81. The first kappa shape index (κ1) is 15.0. The highest BCUT2D eigenvalue weighted by Crippen LogP contribution is 2.33. The number of benzene rings is 1. The van der Waals surface area contributed by atoms with E-state index in [4.69, 9.17) is 23.8 Å². The quantitative estimate of drug-likeness (QED) is 0.805. The summed E-state index contributed by atoms with van der Waals surface area (Å²) in [6.45, 7) is 3.74. The van der Waals surface area contributed by atoms with E-state index in [9.17, 15) is 13.2 Å². The van der Waals surface area contributed by atoms with Crippen molar-refractivity contribution in [2.75, 3.05) is 5.32 Å². The smallest absolute Gasteiger partial charge is 0.360 e. The molecule has 0 aromatic heterocycles. The Hall–Kier alpha value is -1.01. The molecule has 0 saturated carbocycles. The van der Waals surface area contributed by atoms with Crippen molar-refractivity contribution < 1.29 is 13.2 Å². The van der Waals surface area contributed by atoms with Crippen LogP contribution in [0.4, 0.5) is 18.9 Å². The molecule has 0 radical (unpaired) electrons. The van der Waals surface area contributed by atoms with Crippen molar-refractivity contribution in [2.24, 2.45) is 0 Å². The molecule has 0 spiro atoms. The molecule has 0 amide bonds. The van der Waals surface area contributed by atoms with Crippen molar-refractivity contribution in [3.8, 4) is 0 Å². The van der Waals surface area contributed by atoms with E-state index in [1.54, 1.807) is 0 Å². The highest BCUT2D eigenvalue weighted by molar-refractivity contribution is 7.80. The molecule has 1 aromatic carbocycles. The topological polar surface area (TPSA) is 24.1 Å². The number of hydrogen-bond donors (Lipinski definition) is 2. The van der Waals surface area contributed by atoms with Gasteiger partial charge in [0, 0.05) is 16.8 Å². The number of thiocarbonyl (C=S) groups is 1. The van der Waals surface area contributed by atoms with Crippen molar-refractivity contribution in [3.63, 3.8) is 0 Å². The van der Waals surface area contributed by atoms with Gasteiger partial charge >= 0.3 is 6.18 Å². The molecule has 100 valence electrons. The standard InChI is InChI=1S/C11H12ClF3N2S/c1-6(2)16-10(18)17-9-4-7(11(13,14)15)3-8(12)5-9/h3-6H,1-2H3,(H2,16,17,18). The van der Waals surface area contributed by atoms with Crippen LogP contribution >= 0.6 is 23.8 Å². The highest BCUT2D eigenvalue weighted by atomic mass is 35.5. The lowest BCUT2D eigenvalue weighted by atomic mass is 10.2. The Balaban J connectivity index is 2.90. The second-order valence-electron chi connectivity index (χ2n) is 3.98. The van der Waals surface area contributed by atoms with Crippen molar-refractivity contribution in [1.29, 1.82) is 0 Å². The van der Waals surface area contributed by atoms with Crippen LogP contribution in [0.15, 0.2) is 18.2 Å².